The van der Waals surface area contributed by atoms with Crippen LogP contribution in [0.2, 0.25) is 0 Å². The highest BCUT2D eigenvalue weighted by atomic mass is 16.4. The predicted octanol–water partition coefficient (Wildman–Crippen LogP) is -10.1. The van der Waals surface area contributed by atoms with Crippen LogP contribution in [0.5, 0.6) is 0 Å². The number of rotatable bonds is 39. The van der Waals surface area contributed by atoms with Gasteiger partial charge in [0.25, 0.3) is 0 Å². The fourth-order valence-corrected chi connectivity index (χ4v) is 6.22. The van der Waals surface area contributed by atoms with E-state index in [4.69, 9.17) is 51.6 Å². The Morgan fingerprint density at radius 1 is 0.260 bits per heavy atom. The molecule has 0 fully saturated rings. The molecule has 0 saturated heterocycles. The summed E-state index contributed by atoms with van der Waals surface area (Å²) in [6.07, 6.45) is -8.44. The van der Waals surface area contributed by atoms with E-state index >= 15 is 0 Å². The van der Waals surface area contributed by atoms with Gasteiger partial charge in [0.2, 0.25) is 88.6 Å². The predicted molar refractivity (Wildman–Crippen MR) is 247 cm³/mol. The maximum Gasteiger partial charge on any atom is 0.326 e. The van der Waals surface area contributed by atoms with Gasteiger partial charge in [0.15, 0.2) is 0 Å². The van der Waals surface area contributed by atoms with Crippen molar-refractivity contribution in [1.82, 2.24) is 37.2 Å². The second kappa shape index (κ2) is 33.1. The van der Waals surface area contributed by atoms with E-state index < -0.39 is 233 Å². The monoisotopic (exact) mass is 1040 g/mol. The summed E-state index contributed by atoms with van der Waals surface area (Å²) in [4.78, 5) is 200. The zero-order chi connectivity index (χ0) is 56.1. The molecule has 0 aliphatic heterocycles. The van der Waals surface area contributed by atoms with Crippen molar-refractivity contribution in [3.05, 3.63) is 0 Å². The molecule has 0 aromatic rings. The number of carbonyl (C=O) groups is 16. The summed E-state index contributed by atoms with van der Waals surface area (Å²) in [5.74, 6) is -17.6. The molecule has 0 saturated carbocycles. The molecule has 0 unspecified atom stereocenters. The van der Waals surface area contributed by atoms with E-state index in [0.29, 0.717) is 0 Å². The Bertz CT molecular complexity index is 2090. The summed E-state index contributed by atoms with van der Waals surface area (Å²) in [6.45, 7) is 0. The lowest BCUT2D eigenvalue weighted by atomic mass is 10.0. The molecule has 8 atom stereocenters. The molecule has 0 rings (SSSR count). The smallest absolute Gasteiger partial charge is 0.326 e. The third-order valence-corrected chi connectivity index (χ3v) is 10.2. The van der Waals surface area contributed by atoms with Crippen LogP contribution in [-0.2, 0) is 76.7 Å². The van der Waals surface area contributed by atoms with E-state index in [0.717, 1.165) is 0 Å². The van der Waals surface area contributed by atoms with Gasteiger partial charge < -0.3 is 93.9 Å². The van der Waals surface area contributed by atoms with Gasteiger partial charge in [-0.3, -0.25) is 71.9 Å². The minimum absolute atomic E-state index is 0.249. The lowest BCUT2D eigenvalue weighted by Gasteiger charge is -2.28. The Morgan fingerprint density at radius 3 is 0.589 bits per heavy atom. The first-order valence-corrected chi connectivity index (χ1v) is 22.3. The fraction of sp³-hybridized carbons (Fsp3) is 0.600. The second-order valence-corrected chi connectivity index (χ2v) is 16.4. The van der Waals surface area contributed by atoms with Crippen LogP contribution < -0.4 is 88.8 Å². The van der Waals surface area contributed by atoms with Gasteiger partial charge in [-0.2, -0.15) is 0 Å². The fourth-order valence-electron chi connectivity index (χ4n) is 6.22. The van der Waals surface area contributed by atoms with Crippen LogP contribution in [-0.4, -0.2) is 148 Å². The number of carbonyl (C=O) groups excluding carboxylic acids is 15. The third kappa shape index (κ3) is 28.7. The van der Waals surface area contributed by atoms with Crippen molar-refractivity contribution in [2.75, 3.05) is 0 Å². The largest absolute Gasteiger partial charge is 0.480 e. The van der Waals surface area contributed by atoms with Crippen LogP contribution >= 0.6 is 0 Å². The Morgan fingerprint density at radius 2 is 0.411 bits per heavy atom. The van der Waals surface area contributed by atoms with E-state index in [1.54, 1.807) is 0 Å². The van der Waals surface area contributed by atoms with Gasteiger partial charge >= 0.3 is 5.97 Å². The molecule has 0 heterocycles. The van der Waals surface area contributed by atoms with Gasteiger partial charge in [0.1, 0.15) is 42.3 Å². The minimum atomic E-state index is -1.86. The summed E-state index contributed by atoms with van der Waals surface area (Å²) in [5.41, 5.74) is 47.6. The van der Waals surface area contributed by atoms with Crippen molar-refractivity contribution in [2.24, 2.45) is 51.6 Å². The molecule has 0 aliphatic carbocycles. The van der Waals surface area contributed by atoms with Crippen LogP contribution in [0.15, 0.2) is 0 Å². The zero-order valence-corrected chi connectivity index (χ0v) is 39.6. The van der Waals surface area contributed by atoms with Crippen molar-refractivity contribution in [3.63, 3.8) is 0 Å². The first-order valence-electron chi connectivity index (χ1n) is 22.3. The molecule has 0 aliphatic rings. The van der Waals surface area contributed by atoms with Gasteiger partial charge in [-0.15, -0.1) is 0 Å². The SMILES string of the molecule is NC(=O)CC[C@H](NC(=O)[C@H](CCC(N)=O)NC(=O)[C@H](CCC(N)=O)N[13C](=O)[13C@H](CCC(N)=O)NC(=O)[C@H](CCC(N)=O)NC(=O)[C@H](CCC(N)=O)NC(=O)[C@H](CCC(N)=O)NC(=O)[C@@H](N)CCC(N)=O)C(=O)O. The number of hydrogen-bond donors (Lipinski definition) is 17. The second-order valence-electron chi connectivity index (χ2n) is 16.4. The number of carboxylic acids is 1. The topological polar surface area (TPSA) is 612 Å². The van der Waals surface area contributed by atoms with Gasteiger partial charge in [0, 0.05) is 51.4 Å². The van der Waals surface area contributed by atoms with Crippen LogP contribution in [0.4, 0.5) is 0 Å². The average molecular weight is 1050 g/mol. The van der Waals surface area contributed by atoms with E-state index in [9.17, 15) is 81.8 Å². The molecule has 0 bridgehead atoms. The van der Waals surface area contributed by atoms with Gasteiger partial charge in [0.05, 0.1) is 6.04 Å². The van der Waals surface area contributed by atoms with Crippen LogP contribution in [0.1, 0.15) is 103 Å². The van der Waals surface area contributed by atoms with Crippen LogP contribution in [0.3, 0.4) is 0 Å². The number of nitrogens with one attached hydrogen (secondary N) is 7. The molecule has 33 heteroatoms. The Balaban J connectivity index is 6.91. The van der Waals surface area contributed by atoms with Crippen molar-refractivity contribution in [2.45, 2.75) is 151 Å². The molecule has 15 amide bonds. The zero-order valence-electron chi connectivity index (χ0n) is 39.6. The van der Waals surface area contributed by atoms with Crippen molar-refractivity contribution < 1.29 is 81.8 Å². The highest BCUT2D eigenvalue weighted by molar-refractivity contribution is 5.98. The van der Waals surface area contributed by atoms with Crippen LogP contribution in [0, 0.1) is 0 Å². The maximum atomic E-state index is 13.9. The molecule has 73 heavy (non-hydrogen) atoms. The Labute approximate surface area is 415 Å². The number of nitrogens with two attached hydrogens (primary N) is 9. The van der Waals surface area contributed by atoms with Crippen molar-refractivity contribution >= 4 is 94.6 Å². The molecular formula is C40H66N16O17. The minimum Gasteiger partial charge on any atom is -0.480 e. The van der Waals surface area contributed by atoms with Gasteiger partial charge in [-0.25, -0.2) is 4.79 Å². The van der Waals surface area contributed by atoms with Crippen LogP contribution in [0.25, 0.3) is 0 Å². The summed E-state index contributed by atoms with van der Waals surface area (Å²) in [5, 5.41) is 25.1. The Kier molecular flexibility index (Phi) is 29.3. The van der Waals surface area contributed by atoms with Crippen molar-refractivity contribution in [3.8, 4) is 0 Å². The first kappa shape index (κ1) is 64.5. The van der Waals surface area contributed by atoms with E-state index in [-0.39, 0.29) is 12.8 Å². The standard InChI is InChI=1S/C40H66N16O17/c41-17(1-9-25(42)57)33(65)50-18(2-10-26(43)58)34(66)51-19(3-11-27(44)59)35(67)52-20(4-12-28(45)60)36(68)53-21(5-13-29(46)61)37(69)54-22(6-14-30(47)62)38(70)55-23(7-15-31(48)63)39(71)56-24(40(72)73)8-16-32(49)64/h17-24H,1-16,41H2,(H2,42,57)(H2,43,58)(H2,44,59)(H2,45,60)(H2,46,61)(H2,47,62)(H2,48,63)(H2,49,64)(H,50,65)(H,51,66)(H,52,67)(H,53,68)(H,54,69)(H,55,70)(H,56,71)(H,72,73)/t17-,18-,19-,20-,21-,22-,23-,24-/m0/s1/i21+1,37+1. The first-order chi connectivity index (χ1) is 33.9. The quantitative estimate of drug-likeness (QED) is 0.0254. The van der Waals surface area contributed by atoms with E-state index in [2.05, 4.69) is 37.2 Å². The molecule has 26 N–H and O–H groups in total. The number of primary amides is 8. The lowest BCUT2D eigenvalue weighted by Crippen LogP contribution is -2.60. The maximum absolute atomic E-state index is 13.9. The van der Waals surface area contributed by atoms with Crippen molar-refractivity contribution in [1.29, 1.82) is 0 Å². The number of aliphatic carboxylic acids is 1. The average Bonchev–Trinajstić information content (AvgIpc) is 3.28. The lowest BCUT2D eigenvalue weighted by molar-refractivity contribution is -0.143. The molecule has 0 aromatic carbocycles. The van der Waals surface area contributed by atoms with Gasteiger partial charge in [-0.05, 0) is 51.4 Å². The molecule has 408 valence electrons. The normalized spacial score (nSPS) is 14.0. The number of carboxylic acid groups (broad SMARTS) is 1. The highest BCUT2D eigenvalue weighted by Crippen LogP contribution is 2.10. The summed E-state index contributed by atoms with van der Waals surface area (Å²) >= 11 is 0. The summed E-state index contributed by atoms with van der Waals surface area (Å²) < 4.78 is 0. The Hall–Kier alpha value is -8.52. The summed E-state index contributed by atoms with van der Waals surface area (Å²) in [7, 11) is 0. The van der Waals surface area contributed by atoms with Gasteiger partial charge in [-0.1, -0.05) is 0 Å². The number of hydrogen-bond acceptors (Lipinski definition) is 17. The summed E-state index contributed by atoms with van der Waals surface area (Å²) in [6, 6.07) is -13.8. The third-order valence-electron chi connectivity index (χ3n) is 10.2. The molecule has 0 radical (unpaired) electrons. The molecular weight excluding hydrogens is 979 g/mol. The number of amides is 15. The van der Waals surface area contributed by atoms with E-state index in [1.165, 1.54) is 0 Å². The highest BCUT2D eigenvalue weighted by Gasteiger charge is 2.35. The molecule has 0 aromatic heterocycles. The molecule has 33 nitrogen and oxygen atoms in total. The van der Waals surface area contributed by atoms with E-state index in [1.807, 2.05) is 0 Å². The molecule has 0 spiro atoms.